The van der Waals surface area contributed by atoms with Gasteiger partial charge in [0.15, 0.2) is 0 Å². The van der Waals surface area contributed by atoms with Crippen LogP contribution in [0.3, 0.4) is 0 Å². The summed E-state index contributed by atoms with van der Waals surface area (Å²) in [6.07, 6.45) is -0.251. The summed E-state index contributed by atoms with van der Waals surface area (Å²) in [7, 11) is -3.28. The van der Waals surface area contributed by atoms with E-state index in [2.05, 4.69) is 0 Å². The quantitative estimate of drug-likeness (QED) is 0.614. The molecule has 0 radical (unpaired) electrons. The van der Waals surface area contributed by atoms with Gasteiger partial charge in [-0.25, -0.2) is 0 Å². The van der Waals surface area contributed by atoms with Gasteiger partial charge in [0.1, 0.15) is 0 Å². The number of rotatable bonds is 4. The van der Waals surface area contributed by atoms with Gasteiger partial charge in [-0.2, -0.15) is 8.42 Å². The average Bonchev–Trinajstić information content (AvgIpc) is 1.53. The molecule has 4 heteroatoms. The van der Waals surface area contributed by atoms with Crippen LogP contribution in [0.4, 0.5) is 0 Å². The summed E-state index contributed by atoms with van der Waals surface area (Å²) in [4.78, 5) is 0. The SMILES string of the molecule is CC(C)CS(=O)(=O)OC(C)C. The normalized spacial score (nSPS) is 12.9. The monoisotopic (exact) mass is 180 g/mol. The lowest BCUT2D eigenvalue weighted by Gasteiger charge is -2.09. The van der Waals surface area contributed by atoms with E-state index >= 15 is 0 Å². The Labute approximate surface area is 68.9 Å². The smallest absolute Gasteiger partial charge is 0.267 e. The van der Waals surface area contributed by atoms with Crippen LogP contribution in [0.1, 0.15) is 27.7 Å². The highest BCUT2D eigenvalue weighted by atomic mass is 32.2. The fourth-order valence-corrected chi connectivity index (χ4v) is 2.22. The second kappa shape index (κ2) is 4.07. The Morgan fingerprint density at radius 3 is 1.91 bits per heavy atom. The van der Waals surface area contributed by atoms with Crippen LogP contribution >= 0.6 is 0 Å². The van der Waals surface area contributed by atoms with Gasteiger partial charge < -0.3 is 0 Å². The Hall–Kier alpha value is -0.0900. The fraction of sp³-hybridized carbons (Fsp3) is 1.00. The summed E-state index contributed by atoms with van der Waals surface area (Å²) >= 11 is 0. The van der Waals surface area contributed by atoms with Crippen LogP contribution in [0.5, 0.6) is 0 Å². The Balaban J connectivity index is 4.03. The molecule has 0 unspecified atom stereocenters. The van der Waals surface area contributed by atoms with E-state index in [-0.39, 0.29) is 17.8 Å². The Morgan fingerprint density at radius 2 is 1.64 bits per heavy atom. The van der Waals surface area contributed by atoms with Crippen molar-refractivity contribution in [1.82, 2.24) is 0 Å². The zero-order valence-corrected chi connectivity index (χ0v) is 8.31. The van der Waals surface area contributed by atoms with Crippen molar-refractivity contribution in [2.75, 3.05) is 5.75 Å². The molecule has 0 fully saturated rings. The van der Waals surface area contributed by atoms with Gasteiger partial charge in [0.2, 0.25) is 0 Å². The van der Waals surface area contributed by atoms with E-state index in [0.717, 1.165) is 0 Å². The van der Waals surface area contributed by atoms with E-state index in [0.29, 0.717) is 0 Å². The van der Waals surface area contributed by atoms with Crippen LogP contribution in [-0.2, 0) is 14.3 Å². The summed E-state index contributed by atoms with van der Waals surface area (Å²) in [5, 5.41) is 0. The maximum Gasteiger partial charge on any atom is 0.267 e. The molecule has 0 N–H and O–H groups in total. The van der Waals surface area contributed by atoms with Crippen LogP contribution in [0.15, 0.2) is 0 Å². The Morgan fingerprint density at radius 1 is 1.18 bits per heavy atom. The molecule has 0 aromatic rings. The molecule has 11 heavy (non-hydrogen) atoms. The van der Waals surface area contributed by atoms with E-state index in [1.54, 1.807) is 13.8 Å². The molecule has 0 saturated carbocycles. The maximum atomic E-state index is 11.0. The molecule has 0 saturated heterocycles. The van der Waals surface area contributed by atoms with E-state index in [9.17, 15) is 8.42 Å². The molecule has 0 atom stereocenters. The molecule has 0 bridgehead atoms. The molecule has 3 nitrogen and oxygen atoms in total. The van der Waals surface area contributed by atoms with Crippen LogP contribution in [0, 0.1) is 5.92 Å². The number of hydrogen-bond acceptors (Lipinski definition) is 3. The van der Waals surface area contributed by atoms with Gasteiger partial charge in [0.25, 0.3) is 10.1 Å². The summed E-state index contributed by atoms with van der Waals surface area (Å²) in [5.74, 6) is 0.226. The van der Waals surface area contributed by atoms with Gasteiger partial charge in [-0.3, -0.25) is 4.18 Å². The topological polar surface area (TPSA) is 43.4 Å². The van der Waals surface area contributed by atoms with E-state index in [4.69, 9.17) is 4.18 Å². The second-order valence-electron chi connectivity index (χ2n) is 3.26. The third-order valence-electron chi connectivity index (χ3n) is 0.877. The molecule has 0 aromatic carbocycles. The van der Waals surface area contributed by atoms with Gasteiger partial charge in [-0.05, 0) is 19.8 Å². The maximum absolute atomic E-state index is 11.0. The van der Waals surface area contributed by atoms with E-state index in [1.165, 1.54) is 0 Å². The van der Waals surface area contributed by atoms with Gasteiger partial charge in [-0.15, -0.1) is 0 Å². The molecular formula is C7H16O3S. The molecule has 0 aliphatic rings. The minimum absolute atomic E-state index is 0.102. The van der Waals surface area contributed by atoms with Crippen molar-refractivity contribution < 1.29 is 12.6 Å². The second-order valence-corrected chi connectivity index (χ2v) is 4.90. The zero-order valence-electron chi connectivity index (χ0n) is 7.49. The first-order valence-electron chi connectivity index (χ1n) is 3.74. The first-order chi connectivity index (χ1) is 4.83. The van der Waals surface area contributed by atoms with Gasteiger partial charge in [0.05, 0.1) is 11.9 Å². The van der Waals surface area contributed by atoms with Crippen molar-refractivity contribution in [1.29, 1.82) is 0 Å². The average molecular weight is 180 g/mol. The molecule has 0 heterocycles. The van der Waals surface area contributed by atoms with Crippen molar-refractivity contribution in [3.05, 3.63) is 0 Å². The fourth-order valence-electron chi connectivity index (χ4n) is 0.741. The minimum Gasteiger partial charge on any atom is -0.267 e. The van der Waals surface area contributed by atoms with Crippen LogP contribution in [0.2, 0.25) is 0 Å². The highest BCUT2D eigenvalue weighted by Crippen LogP contribution is 2.04. The first-order valence-corrected chi connectivity index (χ1v) is 5.32. The lowest BCUT2D eigenvalue weighted by atomic mass is 10.3. The highest BCUT2D eigenvalue weighted by molar-refractivity contribution is 7.86. The summed E-state index contributed by atoms with van der Waals surface area (Å²) in [6, 6.07) is 0. The first kappa shape index (κ1) is 10.9. The lowest BCUT2D eigenvalue weighted by molar-refractivity contribution is 0.247. The Kier molecular flexibility index (Phi) is 4.03. The standard InChI is InChI=1S/C7H16O3S/c1-6(2)5-11(8,9)10-7(3)4/h6-7H,5H2,1-4H3. The third kappa shape index (κ3) is 6.31. The number of hydrogen-bond donors (Lipinski definition) is 0. The van der Waals surface area contributed by atoms with Crippen molar-refractivity contribution >= 4 is 10.1 Å². The van der Waals surface area contributed by atoms with Crippen LogP contribution in [-0.4, -0.2) is 20.3 Å². The lowest BCUT2D eigenvalue weighted by Crippen LogP contribution is -2.18. The molecule has 0 aliphatic carbocycles. The van der Waals surface area contributed by atoms with E-state index in [1.807, 2.05) is 13.8 Å². The predicted octanol–water partition coefficient (Wildman–Crippen LogP) is 1.40. The highest BCUT2D eigenvalue weighted by Gasteiger charge is 2.14. The molecular weight excluding hydrogens is 164 g/mol. The molecule has 0 spiro atoms. The van der Waals surface area contributed by atoms with Crippen molar-refractivity contribution in [2.45, 2.75) is 33.8 Å². The van der Waals surface area contributed by atoms with Crippen molar-refractivity contribution in [2.24, 2.45) is 5.92 Å². The molecule has 68 valence electrons. The molecule has 0 amide bonds. The molecule has 0 aromatic heterocycles. The van der Waals surface area contributed by atoms with Crippen molar-refractivity contribution in [3.63, 3.8) is 0 Å². The Bertz CT molecular complexity index is 176. The summed E-state index contributed by atoms with van der Waals surface area (Å²) in [6.45, 7) is 7.11. The molecule has 0 aliphatic heterocycles. The van der Waals surface area contributed by atoms with Gasteiger partial charge in [0, 0.05) is 0 Å². The largest absolute Gasteiger partial charge is 0.267 e. The van der Waals surface area contributed by atoms with Crippen LogP contribution in [0.25, 0.3) is 0 Å². The van der Waals surface area contributed by atoms with Gasteiger partial charge in [-0.1, -0.05) is 13.8 Å². The molecule has 0 rings (SSSR count). The minimum atomic E-state index is -3.28. The van der Waals surface area contributed by atoms with Crippen molar-refractivity contribution in [3.8, 4) is 0 Å². The van der Waals surface area contributed by atoms with Gasteiger partial charge >= 0.3 is 0 Å². The zero-order chi connectivity index (χ0) is 9.07. The third-order valence-corrected chi connectivity index (χ3v) is 2.63. The van der Waals surface area contributed by atoms with E-state index < -0.39 is 10.1 Å². The van der Waals surface area contributed by atoms with Crippen LogP contribution < -0.4 is 0 Å². The predicted molar refractivity (Wildman–Crippen MR) is 44.8 cm³/mol. The summed E-state index contributed by atoms with van der Waals surface area (Å²) in [5.41, 5.74) is 0. The summed E-state index contributed by atoms with van der Waals surface area (Å²) < 4.78 is 26.8.